The van der Waals surface area contributed by atoms with Crippen molar-refractivity contribution in [2.24, 2.45) is 7.05 Å². The van der Waals surface area contributed by atoms with E-state index in [4.69, 9.17) is 0 Å². The van der Waals surface area contributed by atoms with Crippen molar-refractivity contribution < 1.29 is 4.79 Å². The molecule has 5 nitrogen and oxygen atoms in total. The Hall–Kier alpha value is -1.23. The SMILES string of the molecule is Cn1ncnc1CN1CCC(=O)C1. The zero-order valence-electron chi connectivity index (χ0n) is 7.60. The summed E-state index contributed by atoms with van der Waals surface area (Å²) < 4.78 is 1.74. The molecule has 5 heteroatoms. The van der Waals surface area contributed by atoms with Crippen LogP contribution in [0.3, 0.4) is 0 Å². The molecule has 0 spiro atoms. The van der Waals surface area contributed by atoms with Crippen LogP contribution in [0, 0.1) is 0 Å². The van der Waals surface area contributed by atoms with Gasteiger partial charge in [-0.3, -0.25) is 14.4 Å². The number of ketones is 1. The average Bonchev–Trinajstić information content (AvgIpc) is 2.64. The smallest absolute Gasteiger partial charge is 0.148 e. The van der Waals surface area contributed by atoms with Gasteiger partial charge in [-0.05, 0) is 0 Å². The minimum atomic E-state index is 0.321. The lowest BCUT2D eigenvalue weighted by molar-refractivity contribution is -0.116. The molecule has 0 aromatic carbocycles. The monoisotopic (exact) mass is 180 g/mol. The summed E-state index contributed by atoms with van der Waals surface area (Å²) in [7, 11) is 1.86. The van der Waals surface area contributed by atoms with Gasteiger partial charge in [-0.2, -0.15) is 5.10 Å². The lowest BCUT2D eigenvalue weighted by Crippen LogP contribution is -2.22. The molecule has 1 aromatic rings. The van der Waals surface area contributed by atoms with Gasteiger partial charge in [-0.1, -0.05) is 0 Å². The summed E-state index contributed by atoms with van der Waals surface area (Å²) in [6, 6.07) is 0. The van der Waals surface area contributed by atoms with Crippen molar-refractivity contribution in [3.8, 4) is 0 Å². The number of Topliss-reactive ketones (excluding diaryl/α,β-unsaturated/α-hetero) is 1. The maximum Gasteiger partial charge on any atom is 0.148 e. The van der Waals surface area contributed by atoms with E-state index in [1.807, 2.05) is 7.05 Å². The molecule has 1 aliphatic rings. The molecule has 2 rings (SSSR count). The summed E-state index contributed by atoms with van der Waals surface area (Å²) in [4.78, 5) is 17.2. The lowest BCUT2D eigenvalue weighted by atomic mass is 10.4. The molecule has 1 aliphatic heterocycles. The molecule has 0 saturated carbocycles. The lowest BCUT2D eigenvalue weighted by Gasteiger charge is -2.11. The number of hydrogen-bond acceptors (Lipinski definition) is 4. The summed E-state index contributed by atoms with van der Waals surface area (Å²) in [5, 5.41) is 3.97. The highest BCUT2D eigenvalue weighted by molar-refractivity contribution is 5.82. The van der Waals surface area contributed by atoms with Gasteiger partial charge in [0.1, 0.15) is 17.9 Å². The van der Waals surface area contributed by atoms with Crippen LogP contribution in [0.1, 0.15) is 12.2 Å². The minimum absolute atomic E-state index is 0.321. The third kappa shape index (κ3) is 1.75. The van der Waals surface area contributed by atoms with Gasteiger partial charge in [0.05, 0.1) is 13.1 Å². The Morgan fingerprint density at radius 2 is 2.46 bits per heavy atom. The first-order chi connectivity index (χ1) is 6.25. The van der Waals surface area contributed by atoms with E-state index in [-0.39, 0.29) is 0 Å². The van der Waals surface area contributed by atoms with Crippen molar-refractivity contribution in [1.29, 1.82) is 0 Å². The molecule has 0 N–H and O–H groups in total. The Bertz CT molecular complexity index is 320. The van der Waals surface area contributed by atoms with Crippen molar-refractivity contribution in [2.45, 2.75) is 13.0 Å². The molecule has 2 heterocycles. The van der Waals surface area contributed by atoms with Crippen LogP contribution in [0.15, 0.2) is 6.33 Å². The van der Waals surface area contributed by atoms with E-state index in [1.165, 1.54) is 6.33 Å². The molecule has 0 radical (unpaired) electrons. The second-order valence-electron chi connectivity index (χ2n) is 3.30. The number of hydrogen-bond donors (Lipinski definition) is 0. The summed E-state index contributed by atoms with van der Waals surface area (Å²) in [5.41, 5.74) is 0. The van der Waals surface area contributed by atoms with E-state index in [0.717, 1.165) is 18.9 Å². The van der Waals surface area contributed by atoms with Crippen molar-refractivity contribution in [2.75, 3.05) is 13.1 Å². The molecule has 13 heavy (non-hydrogen) atoms. The highest BCUT2D eigenvalue weighted by Crippen LogP contribution is 2.07. The molecule has 0 unspecified atom stereocenters. The van der Waals surface area contributed by atoms with Crippen molar-refractivity contribution >= 4 is 5.78 Å². The van der Waals surface area contributed by atoms with Crippen molar-refractivity contribution in [3.63, 3.8) is 0 Å². The third-order valence-electron chi connectivity index (χ3n) is 2.28. The molecule has 0 aliphatic carbocycles. The first kappa shape index (κ1) is 8.37. The number of carbonyl (C=O) groups excluding carboxylic acids is 1. The Kier molecular flexibility index (Phi) is 2.10. The van der Waals surface area contributed by atoms with Crippen molar-refractivity contribution in [1.82, 2.24) is 19.7 Å². The topological polar surface area (TPSA) is 51.0 Å². The van der Waals surface area contributed by atoms with E-state index in [2.05, 4.69) is 15.0 Å². The number of carbonyl (C=O) groups is 1. The van der Waals surface area contributed by atoms with Gasteiger partial charge in [0.2, 0.25) is 0 Å². The molecule has 70 valence electrons. The Labute approximate surface area is 76.4 Å². The van der Waals surface area contributed by atoms with Gasteiger partial charge in [-0.25, -0.2) is 4.98 Å². The molecule has 1 aromatic heterocycles. The number of nitrogens with zero attached hydrogens (tertiary/aromatic N) is 4. The predicted octanol–water partition coefficient (Wildman–Crippen LogP) is -0.410. The molecule has 1 fully saturated rings. The van der Waals surface area contributed by atoms with Crippen LogP contribution in [-0.2, 0) is 18.4 Å². The van der Waals surface area contributed by atoms with Crippen molar-refractivity contribution in [3.05, 3.63) is 12.2 Å². The Morgan fingerprint density at radius 3 is 3.00 bits per heavy atom. The summed E-state index contributed by atoms with van der Waals surface area (Å²) in [5.74, 6) is 1.23. The zero-order valence-corrected chi connectivity index (χ0v) is 7.60. The van der Waals surface area contributed by atoms with Gasteiger partial charge in [0, 0.05) is 20.0 Å². The molecule has 1 saturated heterocycles. The van der Waals surface area contributed by atoms with E-state index < -0.39 is 0 Å². The number of aromatic nitrogens is 3. The fourth-order valence-electron chi connectivity index (χ4n) is 1.49. The normalized spacial score (nSPS) is 18.4. The van der Waals surface area contributed by atoms with Crippen LogP contribution in [0.25, 0.3) is 0 Å². The highest BCUT2D eigenvalue weighted by Gasteiger charge is 2.20. The average molecular weight is 180 g/mol. The maximum atomic E-state index is 11.0. The quantitative estimate of drug-likeness (QED) is 0.621. The van der Waals surface area contributed by atoms with Crippen LogP contribution < -0.4 is 0 Å². The van der Waals surface area contributed by atoms with E-state index in [9.17, 15) is 4.79 Å². The summed E-state index contributed by atoms with van der Waals surface area (Å²) >= 11 is 0. The number of aryl methyl sites for hydroxylation is 1. The summed E-state index contributed by atoms with van der Waals surface area (Å²) in [6.07, 6.45) is 2.21. The molecular weight excluding hydrogens is 168 g/mol. The number of likely N-dealkylation sites (tertiary alicyclic amines) is 1. The molecular formula is C8H12N4O. The molecule has 0 atom stereocenters. The van der Waals surface area contributed by atoms with Gasteiger partial charge >= 0.3 is 0 Å². The van der Waals surface area contributed by atoms with Crippen LogP contribution in [-0.4, -0.2) is 38.5 Å². The second kappa shape index (κ2) is 3.26. The van der Waals surface area contributed by atoms with Crippen LogP contribution in [0.2, 0.25) is 0 Å². The Balaban J connectivity index is 1.99. The third-order valence-corrected chi connectivity index (χ3v) is 2.28. The van der Waals surface area contributed by atoms with Crippen LogP contribution in [0.5, 0.6) is 0 Å². The van der Waals surface area contributed by atoms with Crippen LogP contribution >= 0.6 is 0 Å². The highest BCUT2D eigenvalue weighted by atomic mass is 16.1. The first-order valence-corrected chi connectivity index (χ1v) is 4.32. The second-order valence-corrected chi connectivity index (χ2v) is 3.30. The van der Waals surface area contributed by atoms with Gasteiger partial charge in [0.25, 0.3) is 0 Å². The molecule has 0 amide bonds. The van der Waals surface area contributed by atoms with E-state index in [1.54, 1.807) is 4.68 Å². The van der Waals surface area contributed by atoms with E-state index >= 15 is 0 Å². The fraction of sp³-hybridized carbons (Fsp3) is 0.625. The van der Waals surface area contributed by atoms with Crippen LogP contribution in [0.4, 0.5) is 0 Å². The number of rotatable bonds is 2. The Morgan fingerprint density at radius 1 is 1.62 bits per heavy atom. The predicted molar refractivity (Wildman–Crippen MR) is 45.9 cm³/mol. The minimum Gasteiger partial charge on any atom is -0.298 e. The standard InChI is InChI=1S/C8H12N4O/c1-11-8(9-6-10-11)5-12-3-2-7(13)4-12/h6H,2-5H2,1H3. The van der Waals surface area contributed by atoms with Gasteiger partial charge < -0.3 is 0 Å². The van der Waals surface area contributed by atoms with E-state index in [0.29, 0.717) is 18.7 Å². The maximum absolute atomic E-state index is 11.0. The van der Waals surface area contributed by atoms with Gasteiger partial charge in [0.15, 0.2) is 0 Å². The summed E-state index contributed by atoms with van der Waals surface area (Å²) in [6.45, 7) is 2.14. The zero-order chi connectivity index (χ0) is 9.26. The molecule has 0 bridgehead atoms. The largest absolute Gasteiger partial charge is 0.298 e. The fourth-order valence-corrected chi connectivity index (χ4v) is 1.49. The first-order valence-electron chi connectivity index (χ1n) is 4.32. The van der Waals surface area contributed by atoms with Gasteiger partial charge in [-0.15, -0.1) is 0 Å².